The highest BCUT2D eigenvalue weighted by Gasteiger charge is 2.16. The molecule has 0 amide bonds. The van der Waals surface area contributed by atoms with E-state index in [4.69, 9.17) is 5.84 Å². The molecule has 0 heterocycles. The van der Waals surface area contributed by atoms with Gasteiger partial charge in [0.1, 0.15) is 0 Å². The van der Waals surface area contributed by atoms with Crippen LogP contribution in [0.4, 0.5) is 0 Å². The van der Waals surface area contributed by atoms with Crippen molar-refractivity contribution in [3.63, 3.8) is 0 Å². The third kappa shape index (κ3) is 5.06. The molecule has 0 bridgehead atoms. The SMILES string of the molecule is C=C(C)CCC(NN)C(CC)CC. The molecule has 0 fully saturated rings. The average Bonchev–Trinajstić information content (AvgIpc) is 2.11. The monoisotopic (exact) mass is 184 g/mol. The second kappa shape index (κ2) is 7.10. The minimum absolute atomic E-state index is 0.451. The molecule has 0 saturated carbocycles. The van der Waals surface area contributed by atoms with E-state index in [9.17, 15) is 0 Å². The highest BCUT2D eigenvalue weighted by atomic mass is 15.2. The summed E-state index contributed by atoms with van der Waals surface area (Å²) in [5.41, 5.74) is 4.16. The normalized spacial score (nSPS) is 13.3. The summed E-state index contributed by atoms with van der Waals surface area (Å²) < 4.78 is 0. The molecule has 78 valence electrons. The van der Waals surface area contributed by atoms with Crippen molar-refractivity contribution in [1.82, 2.24) is 5.43 Å². The van der Waals surface area contributed by atoms with E-state index in [0.29, 0.717) is 12.0 Å². The van der Waals surface area contributed by atoms with Crippen LogP contribution in [0.15, 0.2) is 12.2 Å². The van der Waals surface area contributed by atoms with Crippen LogP contribution in [0.25, 0.3) is 0 Å². The number of nitrogens with two attached hydrogens (primary N) is 1. The molecule has 0 aliphatic heterocycles. The van der Waals surface area contributed by atoms with Crippen molar-refractivity contribution < 1.29 is 0 Å². The highest BCUT2D eigenvalue weighted by molar-refractivity contribution is 4.89. The standard InChI is InChI=1S/C11H24N2/c1-5-10(6-2)11(13-12)8-7-9(3)4/h10-11,13H,3,5-8,12H2,1-2,4H3. The van der Waals surface area contributed by atoms with E-state index < -0.39 is 0 Å². The van der Waals surface area contributed by atoms with Gasteiger partial charge in [-0.25, -0.2) is 0 Å². The van der Waals surface area contributed by atoms with Gasteiger partial charge in [0.25, 0.3) is 0 Å². The third-order valence-electron chi connectivity index (χ3n) is 2.71. The Kier molecular flexibility index (Phi) is 6.92. The Morgan fingerprint density at radius 2 is 1.92 bits per heavy atom. The Labute approximate surface area is 82.6 Å². The van der Waals surface area contributed by atoms with Crippen molar-refractivity contribution in [1.29, 1.82) is 0 Å². The van der Waals surface area contributed by atoms with Crippen molar-refractivity contribution in [2.45, 2.75) is 52.5 Å². The summed E-state index contributed by atoms with van der Waals surface area (Å²) in [5, 5.41) is 0. The number of allylic oxidation sites excluding steroid dienone is 1. The van der Waals surface area contributed by atoms with Crippen molar-refractivity contribution in [2.75, 3.05) is 0 Å². The molecular weight excluding hydrogens is 160 g/mol. The van der Waals surface area contributed by atoms with Crippen molar-refractivity contribution in [3.8, 4) is 0 Å². The summed E-state index contributed by atoms with van der Waals surface area (Å²) in [6, 6.07) is 0.451. The molecule has 1 unspecified atom stereocenters. The molecular formula is C11H24N2. The van der Waals surface area contributed by atoms with Gasteiger partial charge in [0.2, 0.25) is 0 Å². The van der Waals surface area contributed by atoms with E-state index in [2.05, 4.69) is 32.8 Å². The van der Waals surface area contributed by atoms with Crippen LogP contribution in [0.2, 0.25) is 0 Å². The van der Waals surface area contributed by atoms with Crippen LogP contribution in [0, 0.1) is 5.92 Å². The maximum absolute atomic E-state index is 5.53. The van der Waals surface area contributed by atoms with Gasteiger partial charge in [-0.15, -0.1) is 6.58 Å². The highest BCUT2D eigenvalue weighted by Crippen LogP contribution is 2.18. The van der Waals surface area contributed by atoms with Gasteiger partial charge >= 0.3 is 0 Å². The zero-order valence-corrected chi connectivity index (χ0v) is 9.27. The van der Waals surface area contributed by atoms with E-state index in [1.807, 2.05) is 0 Å². The van der Waals surface area contributed by atoms with Crippen molar-refractivity contribution in [2.24, 2.45) is 11.8 Å². The smallest absolute Gasteiger partial charge is 0.0241 e. The number of hydrogen-bond donors (Lipinski definition) is 2. The first kappa shape index (κ1) is 12.7. The Morgan fingerprint density at radius 3 is 2.23 bits per heavy atom. The maximum Gasteiger partial charge on any atom is 0.0241 e. The molecule has 0 spiro atoms. The summed E-state index contributed by atoms with van der Waals surface area (Å²) in [6.45, 7) is 10.4. The van der Waals surface area contributed by atoms with Gasteiger partial charge in [-0.2, -0.15) is 0 Å². The van der Waals surface area contributed by atoms with Crippen LogP contribution in [-0.4, -0.2) is 6.04 Å². The quantitative estimate of drug-likeness (QED) is 0.362. The number of hydrazine groups is 1. The lowest BCUT2D eigenvalue weighted by Crippen LogP contribution is -2.40. The number of nitrogens with one attached hydrogen (secondary N) is 1. The summed E-state index contributed by atoms with van der Waals surface area (Å²) >= 11 is 0. The molecule has 0 radical (unpaired) electrons. The second-order valence-electron chi connectivity index (χ2n) is 3.85. The Morgan fingerprint density at radius 1 is 1.38 bits per heavy atom. The molecule has 3 N–H and O–H groups in total. The fraction of sp³-hybridized carbons (Fsp3) is 0.818. The van der Waals surface area contributed by atoms with Crippen LogP contribution in [0.5, 0.6) is 0 Å². The maximum atomic E-state index is 5.53. The topological polar surface area (TPSA) is 38.0 Å². The van der Waals surface area contributed by atoms with Gasteiger partial charge in [-0.1, -0.05) is 32.3 Å². The fourth-order valence-electron chi connectivity index (χ4n) is 1.71. The summed E-state index contributed by atoms with van der Waals surface area (Å²) in [4.78, 5) is 0. The summed E-state index contributed by atoms with van der Waals surface area (Å²) in [6.07, 6.45) is 4.58. The van der Waals surface area contributed by atoms with Gasteiger partial charge < -0.3 is 0 Å². The molecule has 0 aliphatic rings. The minimum atomic E-state index is 0.451. The molecule has 0 aliphatic carbocycles. The lowest BCUT2D eigenvalue weighted by molar-refractivity contribution is 0.321. The molecule has 0 rings (SSSR count). The first-order valence-electron chi connectivity index (χ1n) is 5.26. The van der Waals surface area contributed by atoms with E-state index in [0.717, 1.165) is 12.8 Å². The van der Waals surface area contributed by atoms with Crippen LogP contribution in [-0.2, 0) is 0 Å². The van der Waals surface area contributed by atoms with Crippen molar-refractivity contribution in [3.05, 3.63) is 12.2 Å². The minimum Gasteiger partial charge on any atom is -0.271 e. The second-order valence-corrected chi connectivity index (χ2v) is 3.85. The molecule has 2 heteroatoms. The van der Waals surface area contributed by atoms with E-state index in [1.54, 1.807) is 0 Å². The third-order valence-corrected chi connectivity index (χ3v) is 2.71. The predicted molar refractivity (Wildman–Crippen MR) is 59.2 cm³/mol. The Balaban J connectivity index is 3.92. The predicted octanol–water partition coefficient (Wildman–Crippen LogP) is 2.61. The lowest BCUT2D eigenvalue weighted by Gasteiger charge is -2.24. The van der Waals surface area contributed by atoms with Gasteiger partial charge in [-0.05, 0) is 25.7 Å². The van der Waals surface area contributed by atoms with Crippen LogP contribution < -0.4 is 11.3 Å². The molecule has 0 aromatic carbocycles. The van der Waals surface area contributed by atoms with Gasteiger partial charge in [0, 0.05) is 6.04 Å². The zero-order chi connectivity index (χ0) is 10.3. The number of hydrogen-bond acceptors (Lipinski definition) is 2. The van der Waals surface area contributed by atoms with Crippen LogP contribution in [0.1, 0.15) is 46.5 Å². The van der Waals surface area contributed by atoms with Crippen LogP contribution in [0.3, 0.4) is 0 Å². The Bertz CT molecular complexity index is 139. The molecule has 0 aromatic heterocycles. The first-order valence-corrected chi connectivity index (χ1v) is 5.26. The van der Waals surface area contributed by atoms with Crippen LogP contribution >= 0.6 is 0 Å². The van der Waals surface area contributed by atoms with E-state index >= 15 is 0 Å². The molecule has 0 saturated heterocycles. The van der Waals surface area contributed by atoms with Gasteiger partial charge in [0.05, 0.1) is 0 Å². The molecule has 13 heavy (non-hydrogen) atoms. The average molecular weight is 184 g/mol. The number of rotatable bonds is 7. The Hall–Kier alpha value is -0.340. The fourth-order valence-corrected chi connectivity index (χ4v) is 1.71. The first-order chi connectivity index (χ1) is 6.15. The molecule has 0 aromatic rings. The van der Waals surface area contributed by atoms with Crippen molar-refractivity contribution >= 4 is 0 Å². The van der Waals surface area contributed by atoms with Gasteiger partial charge in [0.15, 0.2) is 0 Å². The van der Waals surface area contributed by atoms with E-state index in [1.165, 1.54) is 18.4 Å². The largest absolute Gasteiger partial charge is 0.271 e. The molecule has 1 atom stereocenters. The zero-order valence-electron chi connectivity index (χ0n) is 9.27. The molecule has 2 nitrogen and oxygen atoms in total. The summed E-state index contributed by atoms with van der Waals surface area (Å²) in [7, 11) is 0. The van der Waals surface area contributed by atoms with E-state index in [-0.39, 0.29) is 0 Å². The van der Waals surface area contributed by atoms with Gasteiger partial charge in [-0.3, -0.25) is 11.3 Å². The summed E-state index contributed by atoms with van der Waals surface area (Å²) in [5.74, 6) is 6.23. The lowest BCUT2D eigenvalue weighted by atomic mass is 9.90.